The first kappa shape index (κ1) is 13.2. The van der Waals surface area contributed by atoms with Gasteiger partial charge in [-0.3, -0.25) is 4.90 Å². The fraction of sp³-hybridized carbons (Fsp3) is 0.533. The van der Waals surface area contributed by atoms with Crippen LogP contribution < -0.4 is 15.5 Å². The third kappa shape index (κ3) is 2.72. The molecule has 1 saturated heterocycles. The molecular weight excluding hydrogens is 252 g/mol. The van der Waals surface area contributed by atoms with Gasteiger partial charge < -0.3 is 15.5 Å². The maximum atomic E-state index is 12.4. The molecule has 2 aliphatic rings. The molecule has 0 saturated carbocycles. The van der Waals surface area contributed by atoms with Gasteiger partial charge in [0.05, 0.1) is 11.4 Å². The van der Waals surface area contributed by atoms with Gasteiger partial charge in [0, 0.05) is 26.2 Å². The van der Waals surface area contributed by atoms with Gasteiger partial charge in [-0.05, 0) is 38.1 Å². The van der Waals surface area contributed by atoms with Gasteiger partial charge in [-0.15, -0.1) is 0 Å². The highest BCUT2D eigenvalue weighted by Crippen LogP contribution is 2.28. The number of urea groups is 1. The highest BCUT2D eigenvalue weighted by atomic mass is 16.2. The Bertz CT molecular complexity index is 491. The zero-order chi connectivity index (χ0) is 13.9. The van der Waals surface area contributed by atoms with E-state index in [1.807, 2.05) is 29.2 Å². The van der Waals surface area contributed by atoms with E-state index in [2.05, 4.69) is 22.6 Å². The summed E-state index contributed by atoms with van der Waals surface area (Å²) < 4.78 is 0. The van der Waals surface area contributed by atoms with E-state index in [1.54, 1.807) is 0 Å². The number of hydrogen-bond acceptors (Lipinski definition) is 3. The number of nitrogens with zero attached hydrogens (tertiary/aromatic N) is 2. The number of fused-ring (bicyclic) bond motifs is 1. The molecule has 0 bridgehead atoms. The van der Waals surface area contributed by atoms with Crippen LogP contribution in [0.1, 0.15) is 6.42 Å². The van der Waals surface area contributed by atoms with E-state index in [-0.39, 0.29) is 6.03 Å². The number of amides is 2. The summed E-state index contributed by atoms with van der Waals surface area (Å²) in [7, 11) is 2.13. The predicted octanol–water partition coefficient (Wildman–Crippen LogP) is 1.58. The van der Waals surface area contributed by atoms with Gasteiger partial charge in [0.1, 0.15) is 0 Å². The van der Waals surface area contributed by atoms with E-state index in [4.69, 9.17) is 0 Å². The first-order chi connectivity index (χ1) is 9.74. The van der Waals surface area contributed by atoms with E-state index in [1.165, 1.54) is 6.42 Å². The van der Waals surface area contributed by atoms with Crippen molar-refractivity contribution in [2.75, 3.05) is 50.0 Å². The molecular formula is C15H22N4O. The van der Waals surface area contributed by atoms with Gasteiger partial charge in [-0.25, -0.2) is 4.79 Å². The molecule has 108 valence electrons. The Kier molecular flexibility index (Phi) is 3.78. The Morgan fingerprint density at radius 1 is 1.40 bits per heavy atom. The summed E-state index contributed by atoms with van der Waals surface area (Å²) in [6, 6.07) is 7.98. The molecule has 0 radical (unpaired) electrons. The highest BCUT2D eigenvalue weighted by molar-refractivity contribution is 5.96. The molecule has 3 rings (SSSR count). The lowest BCUT2D eigenvalue weighted by atomic mass is 10.1. The number of carbonyl (C=O) groups is 1. The van der Waals surface area contributed by atoms with Crippen molar-refractivity contribution in [1.82, 2.24) is 10.2 Å². The topological polar surface area (TPSA) is 47.6 Å². The number of hydrogen-bond donors (Lipinski definition) is 2. The normalized spacial score (nSPS) is 22.2. The van der Waals surface area contributed by atoms with Gasteiger partial charge in [-0.2, -0.15) is 0 Å². The number of rotatable bonds is 2. The highest BCUT2D eigenvalue weighted by Gasteiger charge is 2.24. The Hall–Kier alpha value is -1.75. The van der Waals surface area contributed by atoms with Crippen molar-refractivity contribution in [2.24, 2.45) is 5.92 Å². The van der Waals surface area contributed by atoms with Crippen LogP contribution in [-0.2, 0) is 0 Å². The molecule has 2 N–H and O–H groups in total. The van der Waals surface area contributed by atoms with Crippen molar-refractivity contribution in [3.8, 4) is 0 Å². The SMILES string of the molecule is CN1CCC(CNC(=O)N2CCNc3ccccc32)C1. The largest absolute Gasteiger partial charge is 0.382 e. The van der Waals surface area contributed by atoms with Crippen LogP contribution in [0, 0.1) is 5.92 Å². The molecule has 2 aliphatic heterocycles. The van der Waals surface area contributed by atoms with Gasteiger partial charge in [0.15, 0.2) is 0 Å². The van der Waals surface area contributed by atoms with Crippen LogP contribution in [0.3, 0.4) is 0 Å². The van der Waals surface area contributed by atoms with E-state index in [0.29, 0.717) is 12.5 Å². The Labute approximate surface area is 119 Å². The number of likely N-dealkylation sites (tertiary alicyclic amines) is 1. The second-order valence-corrected chi connectivity index (χ2v) is 5.70. The van der Waals surface area contributed by atoms with Crippen molar-refractivity contribution in [3.63, 3.8) is 0 Å². The zero-order valence-electron chi connectivity index (χ0n) is 11.9. The summed E-state index contributed by atoms with van der Waals surface area (Å²) in [5.41, 5.74) is 2.01. The smallest absolute Gasteiger partial charge is 0.322 e. The van der Waals surface area contributed by atoms with Gasteiger partial charge >= 0.3 is 6.03 Å². The fourth-order valence-corrected chi connectivity index (χ4v) is 3.01. The van der Waals surface area contributed by atoms with Gasteiger partial charge in [-0.1, -0.05) is 12.1 Å². The summed E-state index contributed by atoms with van der Waals surface area (Å²) in [5.74, 6) is 0.585. The van der Waals surface area contributed by atoms with Crippen LogP contribution in [0.15, 0.2) is 24.3 Å². The van der Waals surface area contributed by atoms with Crippen LogP contribution >= 0.6 is 0 Å². The van der Waals surface area contributed by atoms with E-state index in [9.17, 15) is 4.79 Å². The molecule has 1 unspecified atom stereocenters. The molecule has 1 aromatic carbocycles. The number of anilines is 2. The number of nitrogens with one attached hydrogen (secondary N) is 2. The summed E-state index contributed by atoms with van der Waals surface area (Å²) in [6.45, 7) is 4.51. The van der Waals surface area contributed by atoms with Crippen LogP contribution in [0.4, 0.5) is 16.2 Å². The molecule has 2 heterocycles. The first-order valence-corrected chi connectivity index (χ1v) is 7.31. The Balaban J connectivity index is 1.60. The van der Waals surface area contributed by atoms with E-state index in [0.717, 1.165) is 37.6 Å². The molecule has 1 fully saturated rings. The second-order valence-electron chi connectivity index (χ2n) is 5.70. The molecule has 0 aromatic heterocycles. The van der Waals surface area contributed by atoms with Gasteiger partial charge in [0.25, 0.3) is 0 Å². The summed E-state index contributed by atoms with van der Waals surface area (Å²) in [4.78, 5) is 16.5. The molecule has 5 heteroatoms. The fourth-order valence-electron chi connectivity index (χ4n) is 3.01. The zero-order valence-corrected chi connectivity index (χ0v) is 11.9. The number of para-hydroxylation sites is 2. The lowest BCUT2D eigenvalue weighted by molar-refractivity contribution is 0.244. The minimum atomic E-state index is 0.0218. The number of benzene rings is 1. The summed E-state index contributed by atoms with van der Waals surface area (Å²) in [5, 5.41) is 6.41. The summed E-state index contributed by atoms with van der Waals surface area (Å²) >= 11 is 0. The first-order valence-electron chi connectivity index (χ1n) is 7.31. The predicted molar refractivity (Wildman–Crippen MR) is 81.3 cm³/mol. The average molecular weight is 274 g/mol. The molecule has 5 nitrogen and oxygen atoms in total. The third-order valence-electron chi connectivity index (χ3n) is 4.12. The average Bonchev–Trinajstić information content (AvgIpc) is 2.90. The number of carbonyl (C=O) groups excluding carboxylic acids is 1. The maximum absolute atomic E-state index is 12.4. The molecule has 1 aromatic rings. The third-order valence-corrected chi connectivity index (χ3v) is 4.12. The standard InChI is InChI=1S/C15H22N4O/c1-18-8-6-12(11-18)10-17-15(20)19-9-7-16-13-4-2-3-5-14(13)19/h2-5,12,16H,6-11H2,1H3,(H,17,20). The van der Waals surface area contributed by atoms with Gasteiger partial charge in [0.2, 0.25) is 0 Å². The van der Waals surface area contributed by atoms with Crippen molar-refractivity contribution in [3.05, 3.63) is 24.3 Å². The Morgan fingerprint density at radius 3 is 3.05 bits per heavy atom. The molecule has 2 amide bonds. The van der Waals surface area contributed by atoms with Crippen LogP contribution in [0.5, 0.6) is 0 Å². The van der Waals surface area contributed by atoms with E-state index < -0.39 is 0 Å². The van der Waals surface area contributed by atoms with Crippen molar-refractivity contribution in [2.45, 2.75) is 6.42 Å². The summed E-state index contributed by atoms with van der Waals surface area (Å²) in [6.07, 6.45) is 1.18. The molecule has 20 heavy (non-hydrogen) atoms. The lowest BCUT2D eigenvalue weighted by Gasteiger charge is -2.30. The molecule has 1 atom stereocenters. The lowest BCUT2D eigenvalue weighted by Crippen LogP contribution is -2.46. The van der Waals surface area contributed by atoms with E-state index >= 15 is 0 Å². The van der Waals surface area contributed by atoms with Crippen molar-refractivity contribution < 1.29 is 4.79 Å². The van der Waals surface area contributed by atoms with Crippen molar-refractivity contribution in [1.29, 1.82) is 0 Å². The van der Waals surface area contributed by atoms with Crippen LogP contribution in [-0.4, -0.2) is 50.7 Å². The minimum absolute atomic E-state index is 0.0218. The Morgan fingerprint density at radius 2 is 2.25 bits per heavy atom. The molecule has 0 aliphatic carbocycles. The van der Waals surface area contributed by atoms with Crippen molar-refractivity contribution >= 4 is 17.4 Å². The maximum Gasteiger partial charge on any atom is 0.322 e. The van der Waals surface area contributed by atoms with Crippen LogP contribution in [0.25, 0.3) is 0 Å². The quantitative estimate of drug-likeness (QED) is 0.861. The minimum Gasteiger partial charge on any atom is -0.382 e. The monoisotopic (exact) mass is 274 g/mol. The second kappa shape index (κ2) is 5.71. The van der Waals surface area contributed by atoms with Crippen LogP contribution in [0.2, 0.25) is 0 Å². The molecule has 0 spiro atoms.